The molecule has 210 valence electrons. The van der Waals surface area contributed by atoms with Crippen molar-refractivity contribution in [3.63, 3.8) is 0 Å². The third-order valence-corrected chi connectivity index (χ3v) is 9.57. The molecule has 0 bridgehead atoms. The molecule has 2 atom stereocenters. The molecule has 0 radical (unpaired) electrons. The van der Waals surface area contributed by atoms with Crippen molar-refractivity contribution in [2.45, 2.75) is 18.9 Å². The highest BCUT2D eigenvalue weighted by Crippen LogP contribution is 2.46. The zero-order valence-electron chi connectivity index (χ0n) is 24.9. The van der Waals surface area contributed by atoms with Crippen LogP contribution in [-0.2, 0) is 0 Å². The first kappa shape index (κ1) is 26.2. The molecule has 0 aromatic heterocycles. The summed E-state index contributed by atoms with van der Waals surface area (Å²) < 4.78 is 0. The average Bonchev–Trinajstić information content (AvgIpc) is 3.59. The van der Waals surface area contributed by atoms with Crippen LogP contribution in [0, 0.1) is 0 Å². The third kappa shape index (κ3) is 3.79. The number of rotatable bonds is 5. The fourth-order valence-corrected chi connectivity index (χ4v) is 7.65. The van der Waals surface area contributed by atoms with Gasteiger partial charge in [-0.1, -0.05) is 123 Å². The van der Waals surface area contributed by atoms with Crippen molar-refractivity contribution >= 4 is 51.5 Å². The molecule has 1 nitrogen and oxygen atoms in total. The monoisotopic (exact) mass is 563 g/mol. The van der Waals surface area contributed by atoms with Gasteiger partial charge in [0, 0.05) is 11.6 Å². The van der Waals surface area contributed by atoms with E-state index < -0.39 is 0 Å². The van der Waals surface area contributed by atoms with E-state index in [0.717, 1.165) is 5.22 Å². The van der Waals surface area contributed by atoms with Gasteiger partial charge in [-0.3, -0.25) is 0 Å². The molecule has 0 spiro atoms. The molecule has 6 aromatic rings. The molecule has 1 heteroatoms. The van der Waals surface area contributed by atoms with Crippen molar-refractivity contribution in [1.29, 1.82) is 0 Å². The summed E-state index contributed by atoms with van der Waals surface area (Å²) in [5.41, 5.74) is 12.4. The van der Waals surface area contributed by atoms with E-state index in [9.17, 15) is 0 Å². The summed E-state index contributed by atoms with van der Waals surface area (Å²) in [6.07, 6.45) is 8.31. The summed E-state index contributed by atoms with van der Waals surface area (Å²) in [6.45, 7) is 14.7. The van der Waals surface area contributed by atoms with Gasteiger partial charge in [-0.2, -0.15) is 0 Å². The molecule has 0 fully saturated rings. The number of nitrogens with one attached hydrogen (secondary N) is 1. The highest BCUT2D eigenvalue weighted by atomic mass is 15.0. The quantitative estimate of drug-likeness (QED) is 0.206. The Morgan fingerprint density at radius 1 is 0.614 bits per heavy atom. The summed E-state index contributed by atoms with van der Waals surface area (Å²) in [5, 5.41) is 11.1. The van der Waals surface area contributed by atoms with Gasteiger partial charge in [0.2, 0.25) is 0 Å². The Bertz CT molecular complexity index is 2330. The van der Waals surface area contributed by atoms with Crippen LogP contribution in [0.3, 0.4) is 0 Å². The van der Waals surface area contributed by atoms with Gasteiger partial charge < -0.3 is 5.32 Å². The fraction of sp³-hybridized carbons (Fsp3) is 0.0698. The summed E-state index contributed by atoms with van der Waals surface area (Å²) in [7, 11) is 0. The largest absolute Gasteiger partial charge is 0.377 e. The van der Waals surface area contributed by atoms with E-state index in [0.29, 0.717) is 0 Å². The Hall–Kier alpha value is -5.40. The van der Waals surface area contributed by atoms with Crippen molar-refractivity contribution < 1.29 is 0 Å². The highest BCUT2D eigenvalue weighted by Gasteiger charge is 2.40. The first-order valence-corrected chi connectivity index (χ1v) is 15.3. The van der Waals surface area contributed by atoms with E-state index in [2.05, 4.69) is 147 Å². The molecule has 44 heavy (non-hydrogen) atoms. The topological polar surface area (TPSA) is 12.0 Å². The van der Waals surface area contributed by atoms with Crippen molar-refractivity contribution in [2.75, 3.05) is 5.32 Å². The van der Waals surface area contributed by atoms with Crippen LogP contribution in [0.25, 0.3) is 68.1 Å². The van der Waals surface area contributed by atoms with Crippen molar-refractivity contribution in [3.8, 4) is 22.3 Å². The van der Waals surface area contributed by atoms with E-state index in [1.807, 2.05) is 12.2 Å². The maximum Gasteiger partial charge on any atom is 0.0630 e. The second kappa shape index (κ2) is 10.1. The van der Waals surface area contributed by atoms with Crippen LogP contribution in [0.1, 0.15) is 35.1 Å². The second-order valence-corrected chi connectivity index (χ2v) is 11.9. The smallest absolute Gasteiger partial charge is 0.0630 e. The van der Waals surface area contributed by atoms with Crippen molar-refractivity contribution in [1.82, 2.24) is 0 Å². The normalized spacial score (nSPS) is 16.6. The van der Waals surface area contributed by atoms with Gasteiger partial charge in [0.15, 0.2) is 0 Å². The molecule has 1 N–H and O–H groups in total. The summed E-state index contributed by atoms with van der Waals surface area (Å²) in [5.74, 6) is 0.262. The fourth-order valence-electron chi connectivity index (χ4n) is 7.65. The Morgan fingerprint density at radius 3 is 2.09 bits per heavy atom. The zero-order chi connectivity index (χ0) is 29.9. The lowest BCUT2D eigenvalue weighted by atomic mass is 9.88. The van der Waals surface area contributed by atoms with Crippen LogP contribution in [0.5, 0.6) is 0 Å². The van der Waals surface area contributed by atoms with E-state index in [1.54, 1.807) is 0 Å². The van der Waals surface area contributed by atoms with E-state index >= 15 is 0 Å². The number of allylic oxidation sites excluding steroid dienone is 1. The van der Waals surface area contributed by atoms with Crippen LogP contribution >= 0.6 is 0 Å². The third-order valence-electron chi connectivity index (χ3n) is 9.57. The summed E-state index contributed by atoms with van der Waals surface area (Å²) in [4.78, 5) is 0. The van der Waals surface area contributed by atoms with Crippen LogP contribution < -0.4 is 15.8 Å². The van der Waals surface area contributed by atoms with E-state index in [1.165, 1.54) is 82.5 Å². The molecule has 0 saturated heterocycles. The second-order valence-electron chi connectivity index (χ2n) is 11.9. The summed E-state index contributed by atoms with van der Waals surface area (Å²) in [6, 6.07) is 38.0. The van der Waals surface area contributed by atoms with Crippen LogP contribution in [0.2, 0.25) is 0 Å². The number of fused-ring (bicyclic) bond motifs is 8. The minimum atomic E-state index is 0.198. The Kier molecular flexibility index (Phi) is 6.03. The zero-order valence-corrected chi connectivity index (χ0v) is 24.9. The van der Waals surface area contributed by atoms with Crippen molar-refractivity contribution in [3.05, 3.63) is 161 Å². The molecule has 2 aliphatic rings. The lowest BCUT2D eigenvalue weighted by Gasteiger charge is -2.15. The Labute approximate surface area is 258 Å². The Balaban J connectivity index is 1.24. The highest BCUT2D eigenvalue weighted by molar-refractivity contribution is 6.15. The maximum absolute atomic E-state index is 4.33. The van der Waals surface area contributed by atoms with Crippen LogP contribution in [0.4, 0.5) is 5.69 Å². The number of hydrogen-bond donors (Lipinski definition) is 1. The maximum atomic E-state index is 4.33. The average molecular weight is 564 g/mol. The minimum Gasteiger partial charge on any atom is -0.377 e. The lowest BCUT2D eigenvalue weighted by Crippen LogP contribution is -2.27. The molecule has 1 aliphatic carbocycles. The predicted octanol–water partition coefficient (Wildman–Crippen LogP) is 9.69. The van der Waals surface area contributed by atoms with Gasteiger partial charge in [-0.05, 0) is 113 Å². The molecule has 8 rings (SSSR count). The molecule has 0 amide bonds. The molecule has 6 aromatic carbocycles. The van der Waals surface area contributed by atoms with Crippen molar-refractivity contribution in [2.24, 2.45) is 0 Å². The van der Waals surface area contributed by atoms with E-state index in [4.69, 9.17) is 0 Å². The molecular formula is C43H33N. The van der Waals surface area contributed by atoms with E-state index in [-0.39, 0.29) is 12.0 Å². The number of hydrogen-bond acceptors (Lipinski definition) is 1. The van der Waals surface area contributed by atoms with Gasteiger partial charge in [0.25, 0.3) is 0 Å². The van der Waals surface area contributed by atoms with Crippen LogP contribution in [-0.4, -0.2) is 6.04 Å². The lowest BCUT2D eigenvalue weighted by molar-refractivity contribution is 0.831. The van der Waals surface area contributed by atoms with Gasteiger partial charge in [0.1, 0.15) is 0 Å². The Morgan fingerprint density at radius 2 is 1.32 bits per heavy atom. The number of benzene rings is 6. The van der Waals surface area contributed by atoms with Gasteiger partial charge in [-0.25, -0.2) is 0 Å². The SMILES string of the molecule is C=CC1=c2c(cccc2=C)C2c3cc(-c4cccc(-c5ccc6c(/C=C\C)c(C=C)c7ccccc7c6c5)c4)ccc3NC12. The van der Waals surface area contributed by atoms with Gasteiger partial charge in [-0.15, -0.1) is 0 Å². The summed E-state index contributed by atoms with van der Waals surface area (Å²) >= 11 is 0. The molecule has 1 aliphatic heterocycles. The molecular weight excluding hydrogens is 530 g/mol. The molecule has 0 saturated carbocycles. The predicted molar refractivity (Wildman–Crippen MR) is 191 cm³/mol. The first-order chi connectivity index (χ1) is 21.6. The standard InChI is InChI=1S/C43H33N/c1-5-12-33-31(6-2)34-16-8-9-17-35(34)38-24-29(19-21-36(33)38)27-14-11-15-28(23-27)30-20-22-40-39(25-30)42-37-18-10-13-26(4)41(37)32(7-3)43(42)44-40/h5-25,42-44H,2-4H2,1H3/b12-5-. The first-order valence-electron chi connectivity index (χ1n) is 15.3. The minimum absolute atomic E-state index is 0.198. The number of anilines is 1. The van der Waals surface area contributed by atoms with Gasteiger partial charge >= 0.3 is 0 Å². The van der Waals surface area contributed by atoms with Crippen LogP contribution in [0.15, 0.2) is 128 Å². The van der Waals surface area contributed by atoms with Gasteiger partial charge in [0.05, 0.1) is 6.04 Å². The molecule has 1 heterocycles. The molecule has 2 unspecified atom stereocenters.